The molecule has 0 fully saturated rings. The molecule has 20 heavy (non-hydrogen) atoms. The first-order valence-corrected chi connectivity index (χ1v) is 5.72. The quantitative estimate of drug-likeness (QED) is 0.420. The number of aromatic hydroxyl groups is 2. The van der Waals surface area contributed by atoms with Gasteiger partial charge in [0.15, 0.2) is 11.5 Å². The summed E-state index contributed by atoms with van der Waals surface area (Å²) >= 11 is 0. The van der Waals surface area contributed by atoms with Gasteiger partial charge in [-0.1, -0.05) is 6.07 Å². The third-order valence-corrected chi connectivity index (χ3v) is 2.59. The number of hydrogen-bond donors (Lipinski definition) is 5. The number of carbonyl (C=O) groups excluding carboxylic acids is 3. The van der Waals surface area contributed by atoms with Crippen molar-refractivity contribution in [3.63, 3.8) is 0 Å². The zero-order valence-corrected chi connectivity index (χ0v) is 10.5. The molecule has 3 amide bonds. The fourth-order valence-electron chi connectivity index (χ4n) is 1.52. The van der Waals surface area contributed by atoms with Gasteiger partial charge in [-0.2, -0.15) is 0 Å². The highest BCUT2D eigenvalue weighted by Gasteiger charge is 2.21. The van der Waals surface area contributed by atoms with Crippen molar-refractivity contribution in [2.45, 2.75) is 18.9 Å². The zero-order valence-electron chi connectivity index (χ0n) is 10.5. The summed E-state index contributed by atoms with van der Waals surface area (Å²) in [6.07, 6.45) is -0.171. The number of benzene rings is 1. The van der Waals surface area contributed by atoms with E-state index in [1.165, 1.54) is 18.2 Å². The second kappa shape index (κ2) is 6.41. The van der Waals surface area contributed by atoms with E-state index in [1.807, 2.05) is 0 Å². The maximum absolute atomic E-state index is 11.9. The monoisotopic (exact) mass is 281 g/mol. The molecule has 1 rings (SSSR count). The second-order valence-electron chi connectivity index (χ2n) is 4.11. The van der Waals surface area contributed by atoms with Crippen LogP contribution in [0.25, 0.3) is 0 Å². The van der Waals surface area contributed by atoms with Crippen molar-refractivity contribution < 1.29 is 24.6 Å². The van der Waals surface area contributed by atoms with Crippen LogP contribution in [0.1, 0.15) is 23.2 Å². The van der Waals surface area contributed by atoms with Crippen LogP contribution in [0.5, 0.6) is 11.5 Å². The highest BCUT2D eigenvalue weighted by Crippen LogP contribution is 2.28. The van der Waals surface area contributed by atoms with Gasteiger partial charge in [0.2, 0.25) is 11.8 Å². The molecule has 0 spiro atoms. The van der Waals surface area contributed by atoms with Gasteiger partial charge >= 0.3 is 0 Å². The molecule has 0 heterocycles. The molecule has 1 aromatic carbocycles. The zero-order chi connectivity index (χ0) is 15.3. The Hall–Kier alpha value is -2.77. The summed E-state index contributed by atoms with van der Waals surface area (Å²) in [6.45, 7) is 0. The average molecular weight is 281 g/mol. The van der Waals surface area contributed by atoms with Crippen LogP contribution >= 0.6 is 0 Å². The lowest BCUT2D eigenvalue weighted by atomic mass is 10.1. The van der Waals surface area contributed by atoms with Gasteiger partial charge in [0.05, 0.1) is 5.56 Å². The Morgan fingerprint density at radius 3 is 2.40 bits per heavy atom. The summed E-state index contributed by atoms with van der Waals surface area (Å²) in [5.74, 6) is -3.34. The molecule has 0 unspecified atom stereocenters. The first-order chi connectivity index (χ1) is 9.32. The minimum absolute atomic E-state index is 0.0457. The molecule has 1 aromatic rings. The van der Waals surface area contributed by atoms with E-state index in [1.54, 1.807) is 0 Å². The first-order valence-electron chi connectivity index (χ1n) is 5.72. The molecule has 0 radical (unpaired) electrons. The van der Waals surface area contributed by atoms with Gasteiger partial charge in [-0.15, -0.1) is 0 Å². The predicted molar refractivity (Wildman–Crippen MR) is 68.6 cm³/mol. The van der Waals surface area contributed by atoms with Gasteiger partial charge in [-0.3, -0.25) is 14.4 Å². The van der Waals surface area contributed by atoms with Crippen LogP contribution in [0, 0.1) is 0 Å². The maximum atomic E-state index is 11.9. The van der Waals surface area contributed by atoms with Crippen molar-refractivity contribution in [1.82, 2.24) is 5.32 Å². The van der Waals surface area contributed by atoms with Crippen LogP contribution < -0.4 is 16.8 Å². The number of nitrogens with two attached hydrogens (primary N) is 2. The normalized spacial score (nSPS) is 11.6. The summed E-state index contributed by atoms with van der Waals surface area (Å²) in [5.41, 5.74) is 9.84. The Bertz CT molecular complexity index is 544. The number of para-hydroxylation sites is 1. The fraction of sp³-hybridized carbons (Fsp3) is 0.250. The summed E-state index contributed by atoms with van der Waals surface area (Å²) in [4.78, 5) is 33.7. The summed E-state index contributed by atoms with van der Waals surface area (Å²) in [7, 11) is 0. The van der Waals surface area contributed by atoms with Crippen LogP contribution in [-0.4, -0.2) is 34.0 Å². The highest BCUT2D eigenvalue weighted by atomic mass is 16.3. The van der Waals surface area contributed by atoms with Crippen LogP contribution in [0.15, 0.2) is 18.2 Å². The molecule has 8 nitrogen and oxygen atoms in total. The van der Waals surface area contributed by atoms with Crippen molar-refractivity contribution in [3.8, 4) is 11.5 Å². The van der Waals surface area contributed by atoms with Crippen LogP contribution in [0.2, 0.25) is 0 Å². The lowest BCUT2D eigenvalue weighted by Crippen LogP contribution is -2.44. The number of phenolic OH excluding ortho intramolecular Hbond substituents is 2. The summed E-state index contributed by atoms with van der Waals surface area (Å²) < 4.78 is 0. The van der Waals surface area contributed by atoms with Crippen molar-refractivity contribution in [3.05, 3.63) is 23.8 Å². The van der Waals surface area contributed by atoms with Gasteiger partial charge in [-0.05, 0) is 18.6 Å². The number of primary amides is 2. The topological polar surface area (TPSA) is 156 Å². The standard InChI is InChI=1S/C12H15N3O5/c13-9(17)5-4-7(11(14)19)15-12(20)6-2-1-3-8(16)10(6)18/h1-3,7,16,18H,4-5H2,(H2,13,17)(H2,14,19)(H,15,20)/t7-/m1/s1. The number of hydrogen-bond acceptors (Lipinski definition) is 5. The summed E-state index contributed by atoms with van der Waals surface area (Å²) in [5, 5.41) is 21.1. The molecule has 0 saturated carbocycles. The molecule has 0 aliphatic carbocycles. The average Bonchev–Trinajstić information content (AvgIpc) is 2.36. The fourth-order valence-corrected chi connectivity index (χ4v) is 1.52. The number of rotatable bonds is 6. The Morgan fingerprint density at radius 1 is 1.20 bits per heavy atom. The second-order valence-corrected chi connectivity index (χ2v) is 4.11. The van der Waals surface area contributed by atoms with Crippen molar-refractivity contribution in [2.24, 2.45) is 11.5 Å². The molecule has 7 N–H and O–H groups in total. The van der Waals surface area contributed by atoms with Gasteiger partial charge in [0, 0.05) is 6.42 Å². The molecule has 0 aliphatic heterocycles. The molecular formula is C12H15N3O5. The molecule has 0 aliphatic rings. The smallest absolute Gasteiger partial charge is 0.255 e. The minimum atomic E-state index is -1.10. The maximum Gasteiger partial charge on any atom is 0.255 e. The number of carbonyl (C=O) groups is 3. The first kappa shape index (κ1) is 15.3. The van der Waals surface area contributed by atoms with E-state index >= 15 is 0 Å². The van der Waals surface area contributed by atoms with E-state index in [0.717, 1.165) is 0 Å². The van der Waals surface area contributed by atoms with Crippen molar-refractivity contribution >= 4 is 17.7 Å². The third kappa shape index (κ3) is 3.87. The van der Waals surface area contributed by atoms with E-state index in [-0.39, 0.29) is 18.4 Å². The molecule has 1 atom stereocenters. The Kier molecular flexibility index (Phi) is 4.90. The van der Waals surface area contributed by atoms with E-state index in [2.05, 4.69) is 5.32 Å². The lowest BCUT2D eigenvalue weighted by Gasteiger charge is -2.15. The van der Waals surface area contributed by atoms with E-state index in [4.69, 9.17) is 11.5 Å². The highest BCUT2D eigenvalue weighted by molar-refractivity contribution is 6.00. The van der Waals surface area contributed by atoms with E-state index in [9.17, 15) is 24.6 Å². The van der Waals surface area contributed by atoms with Gasteiger partial charge in [0.25, 0.3) is 5.91 Å². The molecule has 108 valence electrons. The number of nitrogens with one attached hydrogen (secondary N) is 1. The SMILES string of the molecule is NC(=O)CC[C@@H](NC(=O)c1cccc(O)c1O)C(N)=O. The summed E-state index contributed by atoms with van der Waals surface area (Å²) in [6, 6.07) is 2.71. The van der Waals surface area contributed by atoms with Crippen molar-refractivity contribution in [2.75, 3.05) is 0 Å². The molecular weight excluding hydrogens is 266 g/mol. The van der Waals surface area contributed by atoms with E-state index in [0.29, 0.717) is 0 Å². The van der Waals surface area contributed by atoms with Crippen LogP contribution in [0.4, 0.5) is 0 Å². The molecule has 0 aromatic heterocycles. The lowest BCUT2D eigenvalue weighted by molar-refractivity contribution is -0.120. The van der Waals surface area contributed by atoms with E-state index < -0.39 is 35.3 Å². The molecule has 0 saturated heterocycles. The Balaban J connectivity index is 2.83. The molecule has 0 bridgehead atoms. The van der Waals surface area contributed by atoms with Gasteiger partial charge in [-0.25, -0.2) is 0 Å². The minimum Gasteiger partial charge on any atom is -0.504 e. The van der Waals surface area contributed by atoms with Crippen molar-refractivity contribution in [1.29, 1.82) is 0 Å². The third-order valence-electron chi connectivity index (χ3n) is 2.59. The largest absolute Gasteiger partial charge is 0.504 e. The van der Waals surface area contributed by atoms with Crippen LogP contribution in [0.3, 0.4) is 0 Å². The number of amides is 3. The Labute approximate surface area is 114 Å². The van der Waals surface area contributed by atoms with Gasteiger partial charge in [0.1, 0.15) is 6.04 Å². The number of phenols is 2. The van der Waals surface area contributed by atoms with Gasteiger partial charge < -0.3 is 27.0 Å². The predicted octanol–water partition coefficient (Wildman–Crippen LogP) is -1.05. The molecule has 8 heteroatoms. The Morgan fingerprint density at radius 2 is 1.85 bits per heavy atom. The van der Waals surface area contributed by atoms with Crippen LogP contribution in [-0.2, 0) is 9.59 Å².